The van der Waals surface area contributed by atoms with Crippen LogP contribution >= 0.6 is 0 Å². The minimum atomic E-state index is -0.272. The smallest absolute Gasteiger partial charge is 0.221 e. The van der Waals surface area contributed by atoms with Crippen LogP contribution in [0.4, 0.5) is 0 Å². The van der Waals surface area contributed by atoms with Gasteiger partial charge in [0, 0.05) is 32.7 Å². The van der Waals surface area contributed by atoms with Crippen molar-refractivity contribution >= 4 is 5.91 Å². The number of carbonyl (C=O) groups is 1. The third kappa shape index (κ3) is 3.82. The minimum Gasteiger partial charge on any atom is -0.369 e. The van der Waals surface area contributed by atoms with E-state index >= 15 is 0 Å². The zero-order valence-electron chi connectivity index (χ0n) is 10.9. The van der Waals surface area contributed by atoms with Gasteiger partial charge in [-0.2, -0.15) is 0 Å². The van der Waals surface area contributed by atoms with E-state index in [1.165, 1.54) is 5.56 Å². The van der Waals surface area contributed by atoms with Gasteiger partial charge in [-0.1, -0.05) is 24.3 Å². The first-order chi connectivity index (χ1) is 8.63. The Balaban J connectivity index is 1.94. The standard InChI is InChI=1S/C14H21N3O/c1-16-5-7-17(8-6-16)11-13-4-2-3-12(9-13)10-14(15)18/h2-4,9H,5-8,10-11H2,1H3,(H2,15,18). The van der Waals surface area contributed by atoms with Crippen LogP contribution in [0, 0.1) is 0 Å². The largest absolute Gasteiger partial charge is 0.369 e. The second-order valence-electron chi connectivity index (χ2n) is 5.04. The van der Waals surface area contributed by atoms with E-state index in [9.17, 15) is 4.79 Å². The molecule has 1 heterocycles. The second-order valence-corrected chi connectivity index (χ2v) is 5.04. The van der Waals surface area contributed by atoms with Crippen molar-refractivity contribution in [3.8, 4) is 0 Å². The van der Waals surface area contributed by atoms with Crippen molar-refractivity contribution < 1.29 is 4.79 Å². The number of nitrogens with two attached hydrogens (primary N) is 1. The molecular formula is C14H21N3O. The summed E-state index contributed by atoms with van der Waals surface area (Å²) in [7, 11) is 2.16. The zero-order valence-corrected chi connectivity index (χ0v) is 10.9. The summed E-state index contributed by atoms with van der Waals surface area (Å²) in [4.78, 5) is 15.7. The number of likely N-dealkylation sites (N-methyl/N-ethyl adjacent to an activating group) is 1. The highest BCUT2D eigenvalue weighted by molar-refractivity contribution is 5.76. The van der Waals surface area contributed by atoms with Gasteiger partial charge in [-0.25, -0.2) is 0 Å². The minimum absolute atomic E-state index is 0.272. The van der Waals surface area contributed by atoms with Crippen LogP contribution in [0.3, 0.4) is 0 Å². The predicted octanol–water partition coefficient (Wildman–Crippen LogP) is 0.462. The van der Waals surface area contributed by atoms with E-state index < -0.39 is 0 Å². The normalized spacial score (nSPS) is 17.8. The first-order valence-electron chi connectivity index (χ1n) is 6.40. The van der Waals surface area contributed by atoms with Crippen molar-refractivity contribution in [2.75, 3.05) is 33.2 Å². The lowest BCUT2D eigenvalue weighted by Gasteiger charge is -2.32. The molecule has 1 aliphatic rings. The molecule has 0 unspecified atom stereocenters. The van der Waals surface area contributed by atoms with Crippen LogP contribution in [0.25, 0.3) is 0 Å². The van der Waals surface area contributed by atoms with Gasteiger partial charge >= 0.3 is 0 Å². The number of piperazine rings is 1. The summed E-state index contributed by atoms with van der Waals surface area (Å²) in [5.74, 6) is -0.272. The fourth-order valence-electron chi connectivity index (χ4n) is 2.30. The van der Waals surface area contributed by atoms with Crippen molar-refractivity contribution in [1.29, 1.82) is 0 Å². The van der Waals surface area contributed by atoms with Gasteiger partial charge in [0.05, 0.1) is 6.42 Å². The molecular weight excluding hydrogens is 226 g/mol. The van der Waals surface area contributed by atoms with Crippen LogP contribution < -0.4 is 5.73 Å². The molecule has 0 aromatic heterocycles. The molecule has 1 aromatic rings. The molecule has 0 atom stereocenters. The van der Waals surface area contributed by atoms with E-state index in [0.717, 1.165) is 38.3 Å². The first kappa shape index (κ1) is 13.1. The summed E-state index contributed by atoms with van der Waals surface area (Å²) in [5, 5.41) is 0. The van der Waals surface area contributed by atoms with Crippen molar-refractivity contribution in [1.82, 2.24) is 9.80 Å². The summed E-state index contributed by atoms with van der Waals surface area (Å²) in [6, 6.07) is 8.16. The Bertz CT molecular complexity index is 411. The molecule has 0 bridgehead atoms. The molecule has 4 nitrogen and oxygen atoms in total. The molecule has 1 aromatic carbocycles. The molecule has 18 heavy (non-hydrogen) atoms. The summed E-state index contributed by atoms with van der Waals surface area (Å²) in [6.07, 6.45) is 0.330. The summed E-state index contributed by atoms with van der Waals surface area (Å²) < 4.78 is 0. The van der Waals surface area contributed by atoms with Crippen LogP contribution in [0.1, 0.15) is 11.1 Å². The van der Waals surface area contributed by atoms with Gasteiger partial charge in [0.1, 0.15) is 0 Å². The van der Waals surface area contributed by atoms with Gasteiger partial charge in [-0.15, -0.1) is 0 Å². The highest BCUT2D eigenvalue weighted by Crippen LogP contribution is 2.10. The Morgan fingerprint density at radius 2 is 1.89 bits per heavy atom. The average molecular weight is 247 g/mol. The first-order valence-corrected chi connectivity index (χ1v) is 6.40. The fraction of sp³-hybridized carbons (Fsp3) is 0.500. The van der Waals surface area contributed by atoms with Crippen LogP contribution in [0.15, 0.2) is 24.3 Å². The Labute approximate surface area is 108 Å². The molecule has 1 saturated heterocycles. The molecule has 98 valence electrons. The highest BCUT2D eigenvalue weighted by Gasteiger charge is 2.13. The number of hydrogen-bond donors (Lipinski definition) is 1. The summed E-state index contributed by atoms with van der Waals surface area (Å²) in [5.41, 5.74) is 7.49. The zero-order chi connectivity index (χ0) is 13.0. The van der Waals surface area contributed by atoms with Crippen molar-refractivity contribution in [2.24, 2.45) is 5.73 Å². The summed E-state index contributed by atoms with van der Waals surface area (Å²) >= 11 is 0. The van der Waals surface area contributed by atoms with Gasteiger partial charge in [0.2, 0.25) is 5.91 Å². The number of amides is 1. The van der Waals surface area contributed by atoms with E-state index in [0.29, 0.717) is 6.42 Å². The number of benzene rings is 1. The Kier molecular flexibility index (Phi) is 4.33. The lowest BCUT2D eigenvalue weighted by Crippen LogP contribution is -2.43. The molecule has 0 saturated carbocycles. The molecule has 2 rings (SSSR count). The van der Waals surface area contributed by atoms with E-state index in [1.54, 1.807) is 0 Å². The Morgan fingerprint density at radius 3 is 2.56 bits per heavy atom. The van der Waals surface area contributed by atoms with Gasteiger partial charge in [0.25, 0.3) is 0 Å². The SMILES string of the molecule is CN1CCN(Cc2cccc(CC(N)=O)c2)CC1. The quantitative estimate of drug-likeness (QED) is 0.841. The maximum Gasteiger partial charge on any atom is 0.221 e. The average Bonchev–Trinajstić information content (AvgIpc) is 2.32. The van der Waals surface area contributed by atoms with Crippen LogP contribution in [-0.2, 0) is 17.8 Å². The lowest BCUT2D eigenvalue weighted by atomic mass is 10.1. The van der Waals surface area contributed by atoms with Crippen LogP contribution in [0.2, 0.25) is 0 Å². The van der Waals surface area contributed by atoms with E-state index in [2.05, 4.69) is 29.0 Å². The molecule has 1 aliphatic heterocycles. The Hall–Kier alpha value is -1.39. The molecule has 4 heteroatoms. The Morgan fingerprint density at radius 1 is 1.22 bits per heavy atom. The van der Waals surface area contributed by atoms with Gasteiger partial charge in [-0.05, 0) is 18.2 Å². The van der Waals surface area contributed by atoms with Crippen LogP contribution in [-0.4, -0.2) is 48.9 Å². The van der Waals surface area contributed by atoms with E-state index in [4.69, 9.17) is 5.73 Å². The molecule has 0 spiro atoms. The van der Waals surface area contributed by atoms with E-state index in [1.807, 2.05) is 12.1 Å². The molecule has 1 amide bonds. The van der Waals surface area contributed by atoms with Crippen molar-refractivity contribution in [2.45, 2.75) is 13.0 Å². The monoisotopic (exact) mass is 247 g/mol. The van der Waals surface area contributed by atoms with Crippen molar-refractivity contribution in [3.63, 3.8) is 0 Å². The molecule has 2 N–H and O–H groups in total. The van der Waals surface area contributed by atoms with Gasteiger partial charge in [-0.3, -0.25) is 9.69 Å². The van der Waals surface area contributed by atoms with Gasteiger partial charge in [0.15, 0.2) is 0 Å². The maximum absolute atomic E-state index is 10.9. The lowest BCUT2D eigenvalue weighted by molar-refractivity contribution is -0.117. The summed E-state index contributed by atoms with van der Waals surface area (Å²) in [6.45, 7) is 5.43. The number of rotatable bonds is 4. The van der Waals surface area contributed by atoms with Gasteiger partial charge < -0.3 is 10.6 Å². The van der Waals surface area contributed by atoms with Crippen LogP contribution in [0.5, 0.6) is 0 Å². The third-order valence-corrected chi connectivity index (χ3v) is 3.37. The maximum atomic E-state index is 10.9. The second kappa shape index (κ2) is 5.98. The number of primary amides is 1. The van der Waals surface area contributed by atoms with Crippen molar-refractivity contribution in [3.05, 3.63) is 35.4 Å². The topological polar surface area (TPSA) is 49.6 Å². The molecule has 0 radical (unpaired) electrons. The molecule has 0 aliphatic carbocycles. The predicted molar refractivity (Wildman–Crippen MR) is 72.1 cm³/mol. The third-order valence-electron chi connectivity index (χ3n) is 3.37. The molecule has 1 fully saturated rings. The number of carbonyl (C=O) groups excluding carboxylic acids is 1. The number of hydrogen-bond acceptors (Lipinski definition) is 3. The highest BCUT2D eigenvalue weighted by atomic mass is 16.1. The fourth-order valence-corrected chi connectivity index (χ4v) is 2.30. The van der Waals surface area contributed by atoms with E-state index in [-0.39, 0.29) is 5.91 Å². The number of nitrogens with zero attached hydrogens (tertiary/aromatic N) is 2.